The molecule has 0 aliphatic heterocycles. The van der Waals surface area contributed by atoms with E-state index in [-0.39, 0.29) is 18.0 Å². The van der Waals surface area contributed by atoms with Gasteiger partial charge < -0.3 is 16.2 Å². The number of amides is 1. The molecule has 1 saturated carbocycles. The van der Waals surface area contributed by atoms with Gasteiger partial charge in [0.15, 0.2) is 0 Å². The van der Waals surface area contributed by atoms with Crippen LogP contribution in [0.25, 0.3) is 0 Å². The van der Waals surface area contributed by atoms with E-state index < -0.39 is 11.5 Å². The third-order valence-electron chi connectivity index (χ3n) is 5.04. The molecule has 2 aliphatic carbocycles. The minimum absolute atomic E-state index is 0.0248. The molecule has 1 aromatic rings. The Morgan fingerprint density at radius 3 is 2.90 bits per heavy atom. The van der Waals surface area contributed by atoms with E-state index in [1.807, 2.05) is 31.2 Å². The summed E-state index contributed by atoms with van der Waals surface area (Å²) in [6.07, 6.45) is 2.77. The molecule has 1 fully saturated rings. The topological polar surface area (TPSA) is 75.3 Å². The fourth-order valence-electron chi connectivity index (χ4n) is 3.53. The van der Waals surface area contributed by atoms with Crippen LogP contribution in [0, 0.1) is 5.41 Å². The maximum Gasteiger partial charge on any atom is 0.228 e. The Bertz CT molecular complexity index is 531. The second-order valence-corrected chi connectivity index (χ2v) is 6.34. The normalized spacial score (nSPS) is 35.9. The quantitative estimate of drug-likeness (QED) is 0.760. The van der Waals surface area contributed by atoms with Gasteiger partial charge in [0.05, 0.1) is 17.6 Å². The highest BCUT2D eigenvalue weighted by Crippen LogP contribution is 2.39. The molecule has 20 heavy (non-hydrogen) atoms. The number of hydrogen-bond donors (Lipinski definition) is 3. The van der Waals surface area contributed by atoms with Crippen molar-refractivity contribution in [1.82, 2.24) is 5.32 Å². The highest BCUT2D eigenvalue weighted by molar-refractivity contribution is 5.84. The van der Waals surface area contributed by atoms with E-state index in [4.69, 9.17) is 5.73 Å². The number of fused-ring (bicyclic) bond motifs is 1. The molecule has 1 aromatic carbocycles. The number of rotatable bonds is 2. The van der Waals surface area contributed by atoms with Crippen LogP contribution in [-0.2, 0) is 11.2 Å². The van der Waals surface area contributed by atoms with Gasteiger partial charge in [-0.3, -0.25) is 4.79 Å². The molecule has 0 heterocycles. The summed E-state index contributed by atoms with van der Waals surface area (Å²) in [7, 11) is 0. The predicted molar refractivity (Wildman–Crippen MR) is 77.0 cm³/mol. The van der Waals surface area contributed by atoms with Crippen LogP contribution < -0.4 is 11.1 Å². The van der Waals surface area contributed by atoms with Crippen LogP contribution in [0.5, 0.6) is 0 Å². The van der Waals surface area contributed by atoms with Gasteiger partial charge in [0.2, 0.25) is 5.91 Å². The maximum absolute atomic E-state index is 12.6. The molecule has 2 aliphatic rings. The first kappa shape index (κ1) is 13.6. The van der Waals surface area contributed by atoms with Crippen LogP contribution >= 0.6 is 0 Å². The molecule has 3 rings (SSSR count). The van der Waals surface area contributed by atoms with Crippen molar-refractivity contribution in [3.05, 3.63) is 35.4 Å². The lowest BCUT2D eigenvalue weighted by Gasteiger charge is -2.30. The van der Waals surface area contributed by atoms with Crippen LogP contribution in [0.15, 0.2) is 24.3 Å². The van der Waals surface area contributed by atoms with Crippen LogP contribution in [0.4, 0.5) is 0 Å². The Morgan fingerprint density at radius 1 is 1.45 bits per heavy atom. The molecule has 0 aromatic heterocycles. The summed E-state index contributed by atoms with van der Waals surface area (Å²) in [6.45, 7) is 1.94. The van der Waals surface area contributed by atoms with Crippen molar-refractivity contribution < 1.29 is 9.90 Å². The smallest absolute Gasteiger partial charge is 0.228 e. The number of aliphatic hydroxyl groups is 1. The van der Waals surface area contributed by atoms with Crippen LogP contribution in [0.2, 0.25) is 0 Å². The van der Waals surface area contributed by atoms with Crippen molar-refractivity contribution in [1.29, 1.82) is 0 Å². The standard InChI is InChI=1S/C16H22N2O2/c1-16(8-4-7-13(16)17)15(20)18-14-11-6-3-2-5-10(11)9-12(14)19/h2-3,5-6,12-14,19H,4,7-9,17H2,1H3,(H,18,20)/t12-,13?,14+,16?/m1/s1. The van der Waals surface area contributed by atoms with Crippen LogP contribution in [0.3, 0.4) is 0 Å². The van der Waals surface area contributed by atoms with Crippen LogP contribution in [-0.4, -0.2) is 23.2 Å². The van der Waals surface area contributed by atoms with Gasteiger partial charge in [-0.05, 0) is 30.9 Å². The van der Waals surface area contributed by atoms with Gasteiger partial charge in [-0.2, -0.15) is 0 Å². The van der Waals surface area contributed by atoms with Crippen molar-refractivity contribution >= 4 is 5.91 Å². The van der Waals surface area contributed by atoms with Gasteiger partial charge in [0.1, 0.15) is 0 Å². The first-order chi connectivity index (χ1) is 9.52. The monoisotopic (exact) mass is 274 g/mol. The van der Waals surface area contributed by atoms with E-state index in [2.05, 4.69) is 5.32 Å². The summed E-state index contributed by atoms with van der Waals surface area (Å²) in [6, 6.07) is 7.50. The molecule has 4 nitrogen and oxygen atoms in total. The molecule has 1 amide bonds. The van der Waals surface area contributed by atoms with Gasteiger partial charge >= 0.3 is 0 Å². The van der Waals surface area contributed by atoms with E-state index in [9.17, 15) is 9.90 Å². The van der Waals surface area contributed by atoms with E-state index in [0.29, 0.717) is 6.42 Å². The number of hydrogen-bond acceptors (Lipinski definition) is 3. The molecule has 4 heteroatoms. The third kappa shape index (κ3) is 2.03. The molecule has 0 radical (unpaired) electrons. The summed E-state index contributed by atoms with van der Waals surface area (Å²) in [5.74, 6) is -0.0248. The van der Waals surface area contributed by atoms with Gasteiger partial charge in [0, 0.05) is 12.5 Å². The Balaban J connectivity index is 1.80. The van der Waals surface area contributed by atoms with E-state index in [1.165, 1.54) is 0 Å². The van der Waals surface area contributed by atoms with E-state index >= 15 is 0 Å². The second-order valence-electron chi connectivity index (χ2n) is 6.34. The van der Waals surface area contributed by atoms with Crippen LogP contribution in [0.1, 0.15) is 43.4 Å². The Kier molecular flexibility index (Phi) is 3.30. The fraction of sp³-hybridized carbons (Fsp3) is 0.562. The molecule has 2 unspecified atom stereocenters. The van der Waals surface area contributed by atoms with Gasteiger partial charge in [-0.15, -0.1) is 0 Å². The average Bonchev–Trinajstić information content (AvgIpc) is 2.92. The molecule has 0 bridgehead atoms. The molecular weight excluding hydrogens is 252 g/mol. The molecule has 108 valence electrons. The number of nitrogens with one attached hydrogen (secondary N) is 1. The number of benzene rings is 1. The van der Waals surface area contributed by atoms with Crippen molar-refractivity contribution in [3.63, 3.8) is 0 Å². The summed E-state index contributed by atoms with van der Waals surface area (Å²) in [4.78, 5) is 12.6. The van der Waals surface area contributed by atoms with Crippen molar-refractivity contribution in [2.45, 2.75) is 50.8 Å². The molecule has 4 N–H and O–H groups in total. The summed E-state index contributed by atoms with van der Waals surface area (Å²) < 4.78 is 0. The van der Waals surface area contributed by atoms with E-state index in [0.717, 1.165) is 30.4 Å². The van der Waals surface area contributed by atoms with Gasteiger partial charge in [-0.1, -0.05) is 30.7 Å². The van der Waals surface area contributed by atoms with Gasteiger partial charge in [-0.25, -0.2) is 0 Å². The first-order valence-corrected chi connectivity index (χ1v) is 7.35. The second kappa shape index (κ2) is 4.86. The molecule has 0 spiro atoms. The zero-order chi connectivity index (χ0) is 14.3. The zero-order valence-corrected chi connectivity index (χ0v) is 11.8. The van der Waals surface area contributed by atoms with Crippen molar-refractivity contribution in [2.24, 2.45) is 11.1 Å². The minimum Gasteiger partial charge on any atom is -0.390 e. The fourth-order valence-corrected chi connectivity index (χ4v) is 3.53. The summed E-state index contributed by atoms with van der Waals surface area (Å²) >= 11 is 0. The number of carbonyl (C=O) groups excluding carboxylic acids is 1. The number of aliphatic hydroxyl groups excluding tert-OH is 1. The van der Waals surface area contributed by atoms with Gasteiger partial charge in [0.25, 0.3) is 0 Å². The predicted octanol–water partition coefficient (Wildman–Crippen LogP) is 1.28. The highest BCUT2D eigenvalue weighted by atomic mass is 16.3. The largest absolute Gasteiger partial charge is 0.390 e. The number of carbonyl (C=O) groups is 1. The lowest BCUT2D eigenvalue weighted by atomic mass is 9.83. The summed E-state index contributed by atoms with van der Waals surface area (Å²) in [5, 5.41) is 13.2. The minimum atomic E-state index is -0.544. The number of nitrogens with two attached hydrogens (primary N) is 1. The average molecular weight is 274 g/mol. The Hall–Kier alpha value is -1.39. The summed E-state index contributed by atoms with van der Waals surface area (Å²) in [5.41, 5.74) is 7.74. The first-order valence-electron chi connectivity index (χ1n) is 7.35. The lowest BCUT2D eigenvalue weighted by molar-refractivity contribution is -0.132. The highest BCUT2D eigenvalue weighted by Gasteiger charge is 2.44. The molecule has 0 saturated heterocycles. The lowest BCUT2D eigenvalue weighted by Crippen LogP contribution is -2.49. The van der Waals surface area contributed by atoms with E-state index in [1.54, 1.807) is 0 Å². The Labute approximate surface area is 119 Å². The van der Waals surface area contributed by atoms with Crippen molar-refractivity contribution in [2.75, 3.05) is 0 Å². The SMILES string of the molecule is CC1(C(=O)N[C@H]2c3ccccc3C[C@H]2O)CCCC1N. The molecular formula is C16H22N2O2. The maximum atomic E-state index is 12.6. The zero-order valence-electron chi connectivity index (χ0n) is 11.8. The van der Waals surface area contributed by atoms with Crippen molar-refractivity contribution in [3.8, 4) is 0 Å². The Morgan fingerprint density at radius 2 is 2.20 bits per heavy atom. The molecule has 4 atom stereocenters. The third-order valence-corrected chi connectivity index (χ3v) is 5.04.